The number of amides is 1. The van der Waals surface area contributed by atoms with Crippen LogP contribution in [0.15, 0.2) is 42.5 Å². The van der Waals surface area contributed by atoms with Crippen LogP contribution in [0.4, 0.5) is 0 Å². The number of carbonyl (C=O) groups excluding carboxylic acids is 1. The van der Waals surface area contributed by atoms with Crippen LogP contribution in [0.1, 0.15) is 49.8 Å². The summed E-state index contributed by atoms with van der Waals surface area (Å²) in [6, 6.07) is 16.3. The molecule has 2 bridgehead atoms. The van der Waals surface area contributed by atoms with E-state index in [1.807, 2.05) is 49.4 Å². The number of nitriles is 1. The number of likely N-dealkylation sites (tertiary alicyclic amines) is 1. The number of likely N-dealkylation sites (N-methyl/N-ethyl adjacent to an activating group) is 1. The number of piperazine rings is 1. The molecule has 0 aromatic heterocycles. The number of benzene rings is 2. The lowest BCUT2D eigenvalue weighted by Gasteiger charge is -2.40. The molecule has 3 unspecified atom stereocenters. The molecule has 4 rings (SSSR count). The second-order valence-electron chi connectivity index (χ2n) is 9.77. The quantitative estimate of drug-likeness (QED) is 0.469. The second-order valence-corrected chi connectivity index (χ2v) is 9.77. The van der Waals surface area contributed by atoms with E-state index in [2.05, 4.69) is 21.2 Å². The Labute approximate surface area is 220 Å². The van der Waals surface area contributed by atoms with E-state index in [4.69, 9.17) is 14.2 Å². The number of nitrogens with zero attached hydrogens (tertiary/aromatic N) is 3. The number of fused-ring (bicyclic) bond motifs is 2. The third-order valence-corrected chi connectivity index (χ3v) is 7.39. The summed E-state index contributed by atoms with van der Waals surface area (Å²) in [6.07, 6.45) is 4.00. The zero-order valence-corrected chi connectivity index (χ0v) is 22.1. The van der Waals surface area contributed by atoms with Gasteiger partial charge in [-0.1, -0.05) is 12.1 Å². The normalized spacial score (nSPS) is 20.2. The van der Waals surface area contributed by atoms with Crippen molar-refractivity contribution in [1.82, 2.24) is 15.1 Å². The summed E-state index contributed by atoms with van der Waals surface area (Å²) in [5.74, 6) is 2.12. The van der Waals surface area contributed by atoms with Crippen molar-refractivity contribution < 1.29 is 19.0 Å². The van der Waals surface area contributed by atoms with Crippen molar-refractivity contribution in [3.63, 3.8) is 0 Å². The van der Waals surface area contributed by atoms with E-state index in [1.54, 1.807) is 14.2 Å². The fourth-order valence-electron chi connectivity index (χ4n) is 5.56. The molecule has 2 fully saturated rings. The maximum atomic E-state index is 12.1. The molecule has 2 aromatic rings. The largest absolute Gasteiger partial charge is 0.493 e. The standard InChI is InChI=1S/C29H38N4O4/c1-4-31-29(34)20-33-23-11-12-24(33)19-32(18-23)15-5-6-26(22-9-7-21(17-30)8-10-22)37-25-13-14-27(35-2)28(16-25)36-3/h7-10,13-14,16,23-24,26H,4-6,11-12,15,18-20H2,1-3H3,(H,31,34). The van der Waals surface area contributed by atoms with E-state index >= 15 is 0 Å². The number of ether oxygens (including phenoxy) is 3. The maximum Gasteiger partial charge on any atom is 0.234 e. The summed E-state index contributed by atoms with van der Waals surface area (Å²) in [5.41, 5.74) is 1.68. The van der Waals surface area contributed by atoms with E-state index < -0.39 is 0 Å². The Bertz CT molecular complexity index is 1070. The van der Waals surface area contributed by atoms with Crippen molar-refractivity contribution in [2.45, 2.75) is 50.8 Å². The second kappa shape index (κ2) is 12.8. The van der Waals surface area contributed by atoms with Gasteiger partial charge in [-0.15, -0.1) is 0 Å². The minimum Gasteiger partial charge on any atom is -0.493 e. The van der Waals surface area contributed by atoms with Crippen molar-refractivity contribution in [3.05, 3.63) is 53.6 Å². The number of methoxy groups -OCH3 is 2. The van der Waals surface area contributed by atoms with Gasteiger partial charge in [-0.3, -0.25) is 9.69 Å². The van der Waals surface area contributed by atoms with E-state index in [0.717, 1.165) is 50.9 Å². The number of carbonyl (C=O) groups is 1. The molecule has 8 heteroatoms. The van der Waals surface area contributed by atoms with Gasteiger partial charge < -0.3 is 24.4 Å². The maximum absolute atomic E-state index is 12.1. The molecule has 198 valence electrons. The lowest BCUT2D eigenvalue weighted by molar-refractivity contribution is -0.123. The predicted molar refractivity (Wildman–Crippen MR) is 142 cm³/mol. The van der Waals surface area contributed by atoms with Crippen LogP contribution in [-0.2, 0) is 4.79 Å². The molecule has 2 aromatic carbocycles. The van der Waals surface area contributed by atoms with Gasteiger partial charge in [-0.25, -0.2) is 0 Å². The third kappa shape index (κ3) is 6.73. The highest BCUT2D eigenvalue weighted by Gasteiger charge is 2.40. The van der Waals surface area contributed by atoms with Gasteiger partial charge in [0.2, 0.25) is 5.91 Å². The van der Waals surface area contributed by atoms with Crippen LogP contribution >= 0.6 is 0 Å². The SMILES string of the molecule is CCNC(=O)CN1C2CCC1CN(CCCC(Oc1ccc(OC)c(OC)c1)c1ccc(C#N)cc1)C2. The summed E-state index contributed by atoms with van der Waals surface area (Å²) in [5, 5.41) is 12.1. The Balaban J connectivity index is 1.38. The lowest BCUT2D eigenvalue weighted by atomic mass is 10.0. The lowest BCUT2D eigenvalue weighted by Crippen LogP contribution is -2.56. The fraction of sp³-hybridized carbons (Fsp3) is 0.517. The van der Waals surface area contributed by atoms with Crippen molar-refractivity contribution >= 4 is 5.91 Å². The predicted octanol–water partition coefficient (Wildman–Crippen LogP) is 3.76. The molecular weight excluding hydrogens is 468 g/mol. The van der Waals surface area contributed by atoms with Gasteiger partial charge in [0.05, 0.1) is 32.4 Å². The highest BCUT2D eigenvalue weighted by molar-refractivity contribution is 5.78. The van der Waals surface area contributed by atoms with Crippen molar-refractivity contribution in [3.8, 4) is 23.3 Å². The van der Waals surface area contributed by atoms with Gasteiger partial charge >= 0.3 is 0 Å². The average molecular weight is 507 g/mol. The molecule has 3 atom stereocenters. The highest BCUT2D eigenvalue weighted by atomic mass is 16.5. The number of hydrogen-bond acceptors (Lipinski definition) is 7. The van der Waals surface area contributed by atoms with Gasteiger partial charge in [0.25, 0.3) is 0 Å². The summed E-state index contributed by atoms with van der Waals surface area (Å²) in [7, 11) is 3.23. The van der Waals surface area contributed by atoms with Crippen molar-refractivity contribution in [2.75, 3.05) is 46.9 Å². The topological polar surface area (TPSA) is 87.1 Å². The molecule has 0 radical (unpaired) electrons. The molecule has 8 nitrogen and oxygen atoms in total. The van der Waals surface area contributed by atoms with Crippen LogP contribution in [0.3, 0.4) is 0 Å². The highest BCUT2D eigenvalue weighted by Crippen LogP contribution is 2.35. The molecule has 2 aliphatic heterocycles. The number of nitrogens with one attached hydrogen (secondary N) is 1. The smallest absolute Gasteiger partial charge is 0.234 e. The number of hydrogen-bond donors (Lipinski definition) is 1. The Kier molecular flexibility index (Phi) is 9.26. The Morgan fingerprint density at radius 2 is 1.78 bits per heavy atom. The van der Waals surface area contributed by atoms with E-state index in [0.29, 0.717) is 48.0 Å². The first kappa shape index (κ1) is 26.8. The van der Waals surface area contributed by atoms with Gasteiger partial charge in [-0.2, -0.15) is 5.26 Å². The molecule has 0 spiro atoms. The van der Waals surface area contributed by atoms with Gasteiger partial charge in [0, 0.05) is 37.8 Å². The molecule has 1 amide bonds. The zero-order chi connectivity index (χ0) is 26.2. The fourth-order valence-corrected chi connectivity index (χ4v) is 5.56. The minimum absolute atomic E-state index is 0.130. The summed E-state index contributed by atoms with van der Waals surface area (Å²) >= 11 is 0. The van der Waals surface area contributed by atoms with Crippen molar-refractivity contribution in [2.24, 2.45) is 0 Å². The Morgan fingerprint density at radius 1 is 1.08 bits per heavy atom. The third-order valence-electron chi connectivity index (χ3n) is 7.39. The van der Waals surface area contributed by atoms with Gasteiger partial charge in [-0.05, 0) is 69.0 Å². The van der Waals surface area contributed by atoms with Crippen LogP contribution < -0.4 is 19.5 Å². The molecule has 37 heavy (non-hydrogen) atoms. The summed E-state index contributed by atoms with van der Waals surface area (Å²) < 4.78 is 17.3. The Morgan fingerprint density at radius 3 is 2.41 bits per heavy atom. The Hall–Kier alpha value is -3.28. The summed E-state index contributed by atoms with van der Waals surface area (Å²) in [6.45, 7) is 6.16. The van der Waals surface area contributed by atoms with Crippen LogP contribution in [-0.4, -0.2) is 74.7 Å². The molecule has 2 heterocycles. The van der Waals surface area contributed by atoms with Gasteiger partial charge in [0.15, 0.2) is 11.5 Å². The minimum atomic E-state index is -0.151. The van der Waals surface area contributed by atoms with Crippen LogP contribution in [0.25, 0.3) is 0 Å². The molecule has 1 N–H and O–H groups in total. The molecular formula is C29H38N4O4. The van der Waals surface area contributed by atoms with Crippen molar-refractivity contribution in [1.29, 1.82) is 5.26 Å². The molecule has 0 aliphatic carbocycles. The van der Waals surface area contributed by atoms with E-state index in [9.17, 15) is 10.1 Å². The first-order chi connectivity index (χ1) is 18.0. The van der Waals surface area contributed by atoms with E-state index in [1.165, 1.54) is 0 Å². The summed E-state index contributed by atoms with van der Waals surface area (Å²) in [4.78, 5) is 17.1. The monoisotopic (exact) mass is 506 g/mol. The zero-order valence-electron chi connectivity index (χ0n) is 22.1. The van der Waals surface area contributed by atoms with Gasteiger partial charge in [0.1, 0.15) is 11.9 Å². The molecule has 0 saturated carbocycles. The molecule has 2 saturated heterocycles. The number of rotatable bonds is 12. The molecule has 2 aliphatic rings. The van der Waals surface area contributed by atoms with Crippen LogP contribution in [0.2, 0.25) is 0 Å². The van der Waals surface area contributed by atoms with Crippen LogP contribution in [0.5, 0.6) is 17.2 Å². The first-order valence-electron chi connectivity index (χ1n) is 13.2. The van der Waals surface area contributed by atoms with E-state index in [-0.39, 0.29) is 12.0 Å². The average Bonchev–Trinajstić information content (AvgIpc) is 3.14. The van der Waals surface area contributed by atoms with Crippen LogP contribution in [0, 0.1) is 11.3 Å². The first-order valence-corrected chi connectivity index (χ1v) is 13.2.